The van der Waals surface area contributed by atoms with Crippen LogP contribution in [0, 0.1) is 13.8 Å². The Kier molecular flexibility index (Phi) is 4.64. The lowest BCUT2D eigenvalue weighted by molar-refractivity contribution is 0.432. The molecular formula is C19H15BrN6O. The number of nitrogens with zero attached hydrogens (tertiary/aromatic N) is 5. The lowest BCUT2D eigenvalue weighted by atomic mass is 10.2. The van der Waals surface area contributed by atoms with E-state index in [0.717, 1.165) is 27.0 Å². The van der Waals surface area contributed by atoms with E-state index in [1.807, 2.05) is 50.2 Å². The molecule has 1 aromatic carbocycles. The van der Waals surface area contributed by atoms with Gasteiger partial charge >= 0.3 is 0 Å². The molecule has 0 bridgehead atoms. The van der Waals surface area contributed by atoms with Crippen molar-refractivity contribution in [3.8, 4) is 23.0 Å². The third-order valence-electron chi connectivity index (χ3n) is 3.84. The first-order valence-corrected chi connectivity index (χ1v) is 9.01. The van der Waals surface area contributed by atoms with Gasteiger partial charge in [-0.3, -0.25) is 4.98 Å². The number of rotatable bonds is 4. The summed E-state index contributed by atoms with van der Waals surface area (Å²) in [5.41, 5.74) is 4.17. The Morgan fingerprint density at radius 3 is 2.74 bits per heavy atom. The summed E-state index contributed by atoms with van der Waals surface area (Å²) >= 11 is 3.41. The van der Waals surface area contributed by atoms with Crippen LogP contribution in [0.3, 0.4) is 0 Å². The number of halogens is 1. The number of hydrogen-bond donors (Lipinski definition) is 1. The van der Waals surface area contributed by atoms with Crippen molar-refractivity contribution in [1.82, 2.24) is 25.1 Å². The molecule has 0 radical (unpaired) electrons. The first-order valence-electron chi connectivity index (χ1n) is 8.22. The van der Waals surface area contributed by atoms with Crippen LogP contribution in [0.1, 0.15) is 11.3 Å². The predicted molar refractivity (Wildman–Crippen MR) is 105 cm³/mol. The summed E-state index contributed by atoms with van der Waals surface area (Å²) in [5.74, 6) is 1.41. The van der Waals surface area contributed by atoms with E-state index in [0.29, 0.717) is 23.4 Å². The molecular weight excluding hydrogens is 408 g/mol. The normalized spacial score (nSPS) is 10.8. The van der Waals surface area contributed by atoms with Gasteiger partial charge in [0.05, 0.1) is 0 Å². The highest BCUT2D eigenvalue weighted by Gasteiger charge is 2.14. The van der Waals surface area contributed by atoms with Crippen molar-refractivity contribution in [1.29, 1.82) is 0 Å². The second-order valence-corrected chi connectivity index (χ2v) is 6.89. The predicted octanol–water partition coefficient (Wildman–Crippen LogP) is 4.71. The van der Waals surface area contributed by atoms with Gasteiger partial charge in [0.1, 0.15) is 5.69 Å². The van der Waals surface area contributed by atoms with Crippen molar-refractivity contribution in [2.24, 2.45) is 0 Å². The van der Waals surface area contributed by atoms with Crippen molar-refractivity contribution >= 4 is 27.6 Å². The molecule has 0 atom stereocenters. The molecule has 134 valence electrons. The molecule has 3 aromatic heterocycles. The smallest absolute Gasteiger partial charge is 0.258 e. The molecule has 0 saturated heterocycles. The molecule has 0 aliphatic rings. The van der Waals surface area contributed by atoms with Gasteiger partial charge in [-0.2, -0.15) is 4.98 Å². The van der Waals surface area contributed by atoms with Gasteiger partial charge in [-0.15, -0.1) is 0 Å². The average molecular weight is 423 g/mol. The second kappa shape index (κ2) is 7.24. The SMILES string of the molecule is Cc1ccnc(Nc2cccc(-c3nc(-c4ncc(Br)cc4C)no3)c2)n1. The summed E-state index contributed by atoms with van der Waals surface area (Å²) in [7, 11) is 0. The average Bonchev–Trinajstić information content (AvgIpc) is 3.12. The number of nitrogens with one attached hydrogen (secondary N) is 1. The number of benzene rings is 1. The minimum absolute atomic E-state index is 0.419. The van der Waals surface area contributed by atoms with Crippen LogP contribution in [0.5, 0.6) is 0 Å². The van der Waals surface area contributed by atoms with Gasteiger partial charge in [0.2, 0.25) is 11.8 Å². The van der Waals surface area contributed by atoms with E-state index >= 15 is 0 Å². The molecule has 8 heteroatoms. The van der Waals surface area contributed by atoms with Crippen molar-refractivity contribution in [3.05, 3.63) is 64.5 Å². The number of hydrogen-bond acceptors (Lipinski definition) is 7. The van der Waals surface area contributed by atoms with Crippen LogP contribution in [0.25, 0.3) is 23.0 Å². The molecule has 7 nitrogen and oxygen atoms in total. The van der Waals surface area contributed by atoms with Crippen molar-refractivity contribution in [3.63, 3.8) is 0 Å². The maximum Gasteiger partial charge on any atom is 0.258 e. The molecule has 0 amide bonds. The van der Waals surface area contributed by atoms with Crippen LogP contribution in [-0.2, 0) is 0 Å². The highest BCUT2D eigenvalue weighted by molar-refractivity contribution is 9.10. The maximum atomic E-state index is 5.44. The second-order valence-electron chi connectivity index (χ2n) is 5.97. The van der Waals surface area contributed by atoms with Crippen molar-refractivity contribution in [2.75, 3.05) is 5.32 Å². The summed E-state index contributed by atoms with van der Waals surface area (Å²) in [6.07, 6.45) is 3.43. The Morgan fingerprint density at radius 2 is 1.93 bits per heavy atom. The molecule has 0 fully saturated rings. The third kappa shape index (κ3) is 3.85. The first-order chi connectivity index (χ1) is 13.1. The molecule has 0 saturated carbocycles. The van der Waals surface area contributed by atoms with E-state index in [-0.39, 0.29) is 0 Å². The quantitative estimate of drug-likeness (QED) is 0.508. The lowest BCUT2D eigenvalue weighted by Gasteiger charge is -2.05. The maximum absolute atomic E-state index is 5.44. The Labute approximate surface area is 164 Å². The van der Waals surface area contributed by atoms with E-state index < -0.39 is 0 Å². The number of pyridine rings is 1. The Hall–Kier alpha value is -3.13. The molecule has 0 spiro atoms. The largest absolute Gasteiger partial charge is 0.334 e. The third-order valence-corrected chi connectivity index (χ3v) is 4.28. The van der Waals surface area contributed by atoms with Gasteiger partial charge in [-0.05, 0) is 65.7 Å². The van der Waals surface area contributed by atoms with Gasteiger partial charge in [0.25, 0.3) is 5.89 Å². The van der Waals surface area contributed by atoms with E-state index in [2.05, 4.69) is 46.3 Å². The molecule has 0 aliphatic carbocycles. The Bertz CT molecular complexity index is 1110. The molecule has 3 heterocycles. The van der Waals surface area contributed by atoms with E-state index in [1.54, 1.807) is 12.4 Å². The van der Waals surface area contributed by atoms with E-state index in [1.165, 1.54) is 0 Å². The highest BCUT2D eigenvalue weighted by Crippen LogP contribution is 2.26. The van der Waals surface area contributed by atoms with Crippen LogP contribution in [0.4, 0.5) is 11.6 Å². The van der Waals surface area contributed by atoms with Crippen LogP contribution in [0.15, 0.2) is 57.8 Å². The summed E-state index contributed by atoms with van der Waals surface area (Å²) in [6, 6.07) is 11.4. The van der Waals surface area contributed by atoms with Crippen molar-refractivity contribution < 1.29 is 4.52 Å². The van der Waals surface area contributed by atoms with E-state index in [9.17, 15) is 0 Å². The standard InChI is InChI=1S/C19H15BrN6O/c1-11-8-14(20)10-22-16(11)17-25-18(27-26-17)13-4-3-5-15(9-13)24-19-21-7-6-12(2)23-19/h3-10H,1-2H3,(H,21,23,24). The monoisotopic (exact) mass is 422 g/mol. The fourth-order valence-electron chi connectivity index (χ4n) is 2.58. The molecule has 0 aliphatic heterocycles. The molecule has 27 heavy (non-hydrogen) atoms. The van der Waals surface area contributed by atoms with Crippen LogP contribution < -0.4 is 5.32 Å². The molecule has 1 N–H and O–H groups in total. The summed E-state index contributed by atoms with van der Waals surface area (Å²) < 4.78 is 6.35. The molecule has 4 rings (SSSR count). The summed E-state index contributed by atoms with van der Waals surface area (Å²) in [6.45, 7) is 3.87. The molecule has 4 aromatic rings. The van der Waals surface area contributed by atoms with Gasteiger partial charge < -0.3 is 9.84 Å². The van der Waals surface area contributed by atoms with E-state index in [4.69, 9.17) is 4.52 Å². The topological polar surface area (TPSA) is 89.6 Å². The Balaban J connectivity index is 1.62. The summed E-state index contributed by atoms with van der Waals surface area (Å²) in [4.78, 5) is 17.4. The zero-order valence-electron chi connectivity index (χ0n) is 14.6. The highest BCUT2D eigenvalue weighted by atomic mass is 79.9. The van der Waals surface area contributed by atoms with Gasteiger partial charge in [0.15, 0.2) is 0 Å². The Morgan fingerprint density at radius 1 is 1.04 bits per heavy atom. The van der Waals surface area contributed by atoms with Gasteiger partial charge in [-0.25, -0.2) is 9.97 Å². The number of aryl methyl sites for hydroxylation is 2. The van der Waals surface area contributed by atoms with Crippen LogP contribution in [0.2, 0.25) is 0 Å². The molecule has 0 unspecified atom stereocenters. The zero-order chi connectivity index (χ0) is 18.8. The van der Waals surface area contributed by atoms with Crippen molar-refractivity contribution in [2.45, 2.75) is 13.8 Å². The number of aromatic nitrogens is 5. The fourth-order valence-corrected chi connectivity index (χ4v) is 3.03. The number of anilines is 2. The van der Waals surface area contributed by atoms with Gasteiger partial charge in [0, 0.05) is 33.8 Å². The van der Waals surface area contributed by atoms with Crippen LogP contribution in [-0.4, -0.2) is 25.1 Å². The first kappa shape index (κ1) is 17.3. The minimum Gasteiger partial charge on any atom is -0.334 e. The fraction of sp³-hybridized carbons (Fsp3) is 0.105. The minimum atomic E-state index is 0.419. The lowest BCUT2D eigenvalue weighted by Crippen LogP contribution is -1.97. The zero-order valence-corrected chi connectivity index (χ0v) is 16.2. The van der Waals surface area contributed by atoms with Crippen LogP contribution >= 0.6 is 15.9 Å². The summed E-state index contributed by atoms with van der Waals surface area (Å²) in [5, 5.41) is 7.25. The van der Waals surface area contributed by atoms with Gasteiger partial charge in [-0.1, -0.05) is 11.2 Å².